The molecule has 0 aliphatic heterocycles. The summed E-state index contributed by atoms with van der Waals surface area (Å²) in [6.07, 6.45) is 2.24. The summed E-state index contributed by atoms with van der Waals surface area (Å²) in [5.41, 5.74) is -0.707. The lowest BCUT2D eigenvalue weighted by atomic mass is 10.2. The first kappa shape index (κ1) is 15.9. The Hall–Kier alpha value is -1.51. The Morgan fingerprint density at radius 2 is 1.76 bits per heavy atom. The van der Waals surface area contributed by atoms with Crippen molar-refractivity contribution in [2.45, 2.75) is 26.4 Å². The molecule has 1 aromatic heterocycles. The summed E-state index contributed by atoms with van der Waals surface area (Å²) in [5.74, 6) is -1.48. The largest absolute Gasteiger partial charge is 0.331 e. The first-order valence-corrected chi connectivity index (χ1v) is 7.45. The molecule has 0 aliphatic rings. The third kappa shape index (κ3) is 3.58. The highest BCUT2D eigenvalue weighted by atomic mass is 127. The van der Waals surface area contributed by atoms with Crippen molar-refractivity contribution in [1.29, 1.82) is 0 Å². The molecule has 0 spiro atoms. The quantitative estimate of drug-likeness (QED) is 0.732. The first-order chi connectivity index (χ1) is 9.92. The van der Waals surface area contributed by atoms with Crippen molar-refractivity contribution in [3.8, 4) is 0 Å². The molecule has 0 saturated heterocycles. The second kappa shape index (κ2) is 6.50. The number of aryl methyl sites for hydroxylation is 1. The van der Waals surface area contributed by atoms with Gasteiger partial charge in [-0.25, -0.2) is 13.6 Å². The lowest BCUT2D eigenvalue weighted by molar-refractivity contribution is 0.555. The number of nitrogens with zero attached hydrogens (tertiary/aromatic N) is 2. The molecule has 2 aromatic rings. The van der Waals surface area contributed by atoms with Crippen molar-refractivity contribution in [3.63, 3.8) is 0 Å². The van der Waals surface area contributed by atoms with Gasteiger partial charge in [-0.3, -0.25) is 13.9 Å². The molecule has 4 nitrogen and oxygen atoms in total. The number of aromatic nitrogens is 2. The van der Waals surface area contributed by atoms with Gasteiger partial charge >= 0.3 is 5.69 Å². The van der Waals surface area contributed by atoms with Crippen molar-refractivity contribution >= 4 is 22.6 Å². The monoisotopic (exact) mass is 406 g/mol. The Labute approximate surface area is 133 Å². The number of halogens is 3. The maximum Gasteiger partial charge on any atom is 0.331 e. The van der Waals surface area contributed by atoms with Crippen LogP contribution in [-0.4, -0.2) is 9.13 Å². The molecule has 0 N–H and O–H groups in total. The molecule has 0 saturated carbocycles. The van der Waals surface area contributed by atoms with Gasteiger partial charge in [0, 0.05) is 18.8 Å². The Kier molecular flexibility index (Phi) is 4.92. The van der Waals surface area contributed by atoms with E-state index in [2.05, 4.69) is 0 Å². The normalized spacial score (nSPS) is 10.9. The van der Waals surface area contributed by atoms with Gasteiger partial charge in [-0.2, -0.15) is 0 Å². The van der Waals surface area contributed by atoms with E-state index >= 15 is 0 Å². The van der Waals surface area contributed by atoms with E-state index in [0.717, 1.165) is 29.2 Å². The predicted molar refractivity (Wildman–Crippen MR) is 83.4 cm³/mol. The third-order valence-corrected chi connectivity index (χ3v) is 3.66. The van der Waals surface area contributed by atoms with Gasteiger partial charge in [0.2, 0.25) is 0 Å². The SMILES string of the molecule is CCCn1cc(I)c(=O)n(Cc2cc(F)cc(F)c2)c1=O. The summed E-state index contributed by atoms with van der Waals surface area (Å²) in [5, 5.41) is 0. The topological polar surface area (TPSA) is 44.0 Å². The van der Waals surface area contributed by atoms with E-state index in [1.54, 1.807) is 0 Å². The highest BCUT2D eigenvalue weighted by Gasteiger charge is 2.11. The second-order valence-electron chi connectivity index (χ2n) is 4.62. The van der Waals surface area contributed by atoms with Gasteiger partial charge < -0.3 is 0 Å². The van der Waals surface area contributed by atoms with E-state index < -0.39 is 22.9 Å². The van der Waals surface area contributed by atoms with Crippen LogP contribution in [0.25, 0.3) is 0 Å². The summed E-state index contributed by atoms with van der Waals surface area (Å²) in [4.78, 5) is 24.3. The van der Waals surface area contributed by atoms with E-state index in [1.165, 1.54) is 10.8 Å². The van der Waals surface area contributed by atoms with Gasteiger partial charge in [-0.1, -0.05) is 6.92 Å². The van der Waals surface area contributed by atoms with Crippen LogP contribution in [0.5, 0.6) is 0 Å². The Morgan fingerprint density at radius 1 is 1.14 bits per heavy atom. The molecule has 0 atom stereocenters. The minimum absolute atomic E-state index is 0.160. The van der Waals surface area contributed by atoms with Crippen molar-refractivity contribution in [1.82, 2.24) is 9.13 Å². The zero-order chi connectivity index (χ0) is 15.6. The number of hydrogen-bond acceptors (Lipinski definition) is 2. The molecule has 21 heavy (non-hydrogen) atoms. The Morgan fingerprint density at radius 3 is 2.33 bits per heavy atom. The zero-order valence-corrected chi connectivity index (χ0v) is 13.4. The maximum atomic E-state index is 13.2. The molecule has 7 heteroatoms. The highest BCUT2D eigenvalue weighted by molar-refractivity contribution is 14.1. The minimum atomic E-state index is -0.738. The molecular formula is C14H13F2IN2O2. The molecule has 1 aromatic carbocycles. The number of hydrogen-bond donors (Lipinski definition) is 0. The van der Waals surface area contributed by atoms with Gasteiger partial charge in [0.05, 0.1) is 10.1 Å². The van der Waals surface area contributed by atoms with E-state index in [0.29, 0.717) is 10.1 Å². The average Bonchev–Trinajstić information content (AvgIpc) is 2.40. The van der Waals surface area contributed by atoms with Crippen molar-refractivity contribution in [2.75, 3.05) is 0 Å². The van der Waals surface area contributed by atoms with Crippen molar-refractivity contribution in [3.05, 3.63) is 66.0 Å². The van der Waals surface area contributed by atoms with Crippen LogP contribution in [0.15, 0.2) is 34.0 Å². The minimum Gasteiger partial charge on any atom is -0.299 e. The predicted octanol–water partition coefficient (Wildman–Crippen LogP) is 2.35. The van der Waals surface area contributed by atoms with Crippen LogP contribution in [0, 0.1) is 15.2 Å². The third-order valence-electron chi connectivity index (χ3n) is 2.92. The lowest BCUT2D eigenvalue weighted by Gasteiger charge is -2.10. The van der Waals surface area contributed by atoms with E-state index in [9.17, 15) is 18.4 Å². The molecule has 1 heterocycles. The summed E-state index contributed by atoms with van der Waals surface area (Å²) in [6, 6.07) is 2.97. The zero-order valence-electron chi connectivity index (χ0n) is 11.3. The molecule has 2 rings (SSSR count). The molecule has 0 fully saturated rings. The molecular weight excluding hydrogens is 393 g/mol. The standard InChI is InChI=1S/C14H13F2IN2O2/c1-2-3-18-8-12(17)13(20)19(14(18)21)7-9-4-10(15)6-11(16)5-9/h4-6,8H,2-3,7H2,1H3. The van der Waals surface area contributed by atoms with E-state index in [1.807, 2.05) is 29.5 Å². The van der Waals surface area contributed by atoms with Gasteiger partial charge in [-0.15, -0.1) is 0 Å². The summed E-state index contributed by atoms with van der Waals surface area (Å²) in [6.45, 7) is 2.23. The van der Waals surface area contributed by atoms with Gasteiger partial charge in [0.25, 0.3) is 5.56 Å². The number of benzene rings is 1. The molecule has 0 aliphatic carbocycles. The average molecular weight is 406 g/mol. The Bertz CT molecular complexity index is 763. The highest BCUT2D eigenvalue weighted by Crippen LogP contribution is 2.08. The van der Waals surface area contributed by atoms with Gasteiger partial charge in [0.15, 0.2) is 0 Å². The van der Waals surface area contributed by atoms with Crippen molar-refractivity contribution in [2.24, 2.45) is 0 Å². The molecule has 0 radical (unpaired) electrons. The smallest absolute Gasteiger partial charge is 0.299 e. The second-order valence-corrected chi connectivity index (χ2v) is 5.78. The van der Waals surface area contributed by atoms with Crippen LogP contribution >= 0.6 is 22.6 Å². The molecule has 112 valence electrons. The fourth-order valence-corrected chi connectivity index (χ4v) is 2.67. The summed E-state index contributed by atoms with van der Waals surface area (Å²) < 4.78 is 29.2. The van der Waals surface area contributed by atoms with Gasteiger partial charge in [0.1, 0.15) is 11.6 Å². The fourth-order valence-electron chi connectivity index (χ4n) is 2.04. The molecule has 0 amide bonds. The van der Waals surface area contributed by atoms with E-state index in [-0.39, 0.29) is 12.1 Å². The van der Waals surface area contributed by atoms with Crippen LogP contribution in [0.4, 0.5) is 8.78 Å². The summed E-state index contributed by atoms with van der Waals surface area (Å²) >= 11 is 1.85. The van der Waals surface area contributed by atoms with Crippen molar-refractivity contribution < 1.29 is 8.78 Å². The summed E-state index contributed by atoms with van der Waals surface area (Å²) in [7, 11) is 0. The van der Waals surface area contributed by atoms with E-state index in [4.69, 9.17) is 0 Å². The van der Waals surface area contributed by atoms with Crippen LogP contribution < -0.4 is 11.2 Å². The van der Waals surface area contributed by atoms with Crippen LogP contribution in [-0.2, 0) is 13.1 Å². The Balaban J connectivity index is 2.53. The van der Waals surface area contributed by atoms with Crippen LogP contribution in [0.3, 0.4) is 0 Å². The fraction of sp³-hybridized carbons (Fsp3) is 0.286. The molecule has 0 unspecified atom stereocenters. The molecule has 0 bridgehead atoms. The number of rotatable bonds is 4. The van der Waals surface area contributed by atoms with Gasteiger partial charge in [-0.05, 0) is 46.7 Å². The first-order valence-electron chi connectivity index (χ1n) is 6.37. The maximum absolute atomic E-state index is 13.2. The van der Waals surface area contributed by atoms with Crippen LogP contribution in [0.1, 0.15) is 18.9 Å². The van der Waals surface area contributed by atoms with Crippen LogP contribution in [0.2, 0.25) is 0 Å². The lowest BCUT2D eigenvalue weighted by Crippen LogP contribution is -2.41.